The Balaban J connectivity index is 2.08. The van der Waals surface area contributed by atoms with Crippen LogP contribution in [0.4, 0.5) is 5.69 Å². The number of aryl methyl sites for hydroxylation is 1. The number of carbonyl (C=O) groups excluding carboxylic acids is 1. The fraction of sp³-hybridized carbons (Fsp3) is 0.200. The number of ether oxygens (including phenoxy) is 1. The number of methoxy groups -OCH3 is 1. The van der Waals surface area contributed by atoms with E-state index >= 15 is 0 Å². The number of anilines is 1. The van der Waals surface area contributed by atoms with Crippen LogP contribution in [-0.2, 0) is 11.3 Å². The van der Waals surface area contributed by atoms with Crippen LogP contribution in [0, 0.1) is 6.92 Å². The highest BCUT2D eigenvalue weighted by molar-refractivity contribution is 9.10. The molecule has 0 saturated heterocycles. The number of nitrogens with zero attached hydrogens (tertiary/aromatic N) is 1. The Morgan fingerprint density at radius 3 is 2.80 bits per heavy atom. The molecule has 1 aromatic carbocycles. The van der Waals surface area contributed by atoms with Gasteiger partial charge in [-0.15, -0.1) is 0 Å². The summed E-state index contributed by atoms with van der Waals surface area (Å²) >= 11 is 3.39. The van der Waals surface area contributed by atoms with Gasteiger partial charge < -0.3 is 10.1 Å². The van der Waals surface area contributed by atoms with Crippen LogP contribution >= 0.6 is 15.9 Å². The first kappa shape index (κ1) is 14.5. The molecule has 0 amide bonds. The molecule has 0 atom stereocenters. The summed E-state index contributed by atoms with van der Waals surface area (Å²) in [5.41, 5.74) is 3.61. The summed E-state index contributed by atoms with van der Waals surface area (Å²) in [4.78, 5) is 15.6. The summed E-state index contributed by atoms with van der Waals surface area (Å²) in [6.45, 7) is 2.62. The van der Waals surface area contributed by atoms with E-state index < -0.39 is 0 Å². The lowest BCUT2D eigenvalue weighted by molar-refractivity contribution is 0.0600. The van der Waals surface area contributed by atoms with Crippen molar-refractivity contribution in [2.24, 2.45) is 0 Å². The molecule has 2 rings (SSSR count). The highest BCUT2D eigenvalue weighted by Gasteiger charge is 2.07. The van der Waals surface area contributed by atoms with Gasteiger partial charge in [-0.3, -0.25) is 4.98 Å². The number of aromatic nitrogens is 1. The van der Waals surface area contributed by atoms with Crippen molar-refractivity contribution in [3.63, 3.8) is 0 Å². The minimum Gasteiger partial charge on any atom is -0.465 e. The molecule has 0 saturated carbocycles. The maximum absolute atomic E-state index is 11.4. The molecule has 0 unspecified atom stereocenters. The van der Waals surface area contributed by atoms with Gasteiger partial charge >= 0.3 is 5.97 Å². The molecule has 0 radical (unpaired) electrons. The number of halogens is 1. The van der Waals surface area contributed by atoms with Crippen molar-refractivity contribution < 1.29 is 9.53 Å². The Bertz CT molecular complexity index is 629. The molecule has 1 heterocycles. The highest BCUT2D eigenvalue weighted by Crippen LogP contribution is 2.18. The molecule has 0 bridgehead atoms. The molecule has 5 heteroatoms. The van der Waals surface area contributed by atoms with Crippen molar-refractivity contribution in [3.8, 4) is 0 Å². The second kappa shape index (κ2) is 6.52. The molecular weight excluding hydrogens is 320 g/mol. The molecule has 0 aliphatic rings. The van der Waals surface area contributed by atoms with Crippen LogP contribution in [0.3, 0.4) is 0 Å². The summed E-state index contributed by atoms with van der Waals surface area (Å²) < 4.78 is 5.65. The first-order valence-corrected chi connectivity index (χ1v) is 6.91. The second-order valence-corrected chi connectivity index (χ2v) is 5.30. The number of pyridine rings is 1. The number of hydrogen-bond donors (Lipinski definition) is 1. The third kappa shape index (κ3) is 3.57. The van der Waals surface area contributed by atoms with Crippen molar-refractivity contribution in [2.75, 3.05) is 12.4 Å². The van der Waals surface area contributed by atoms with Crippen molar-refractivity contribution in [1.82, 2.24) is 4.98 Å². The summed E-state index contributed by atoms with van der Waals surface area (Å²) in [7, 11) is 1.38. The highest BCUT2D eigenvalue weighted by atomic mass is 79.9. The Morgan fingerprint density at radius 2 is 2.15 bits per heavy atom. The molecule has 0 aliphatic carbocycles. The molecular formula is C15H15BrN2O2. The topological polar surface area (TPSA) is 51.2 Å². The normalized spacial score (nSPS) is 10.2. The third-order valence-electron chi connectivity index (χ3n) is 2.89. The van der Waals surface area contributed by atoms with Crippen LogP contribution in [0.15, 0.2) is 41.1 Å². The van der Waals surface area contributed by atoms with E-state index in [0.29, 0.717) is 12.1 Å². The fourth-order valence-electron chi connectivity index (χ4n) is 1.86. The van der Waals surface area contributed by atoms with E-state index in [1.165, 1.54) is 7.11 Å². The maximum Gasteiger partial charge on any atom is 0.337 e. The van der Waals surface area contributed by atoms with Crippen molar-refractivity contribution in [1.29, 1.82) is 0 Å². The van der Waals surface area contributed by atoms with Gasteiger partial charge in [0.1, 0.15) is 0 Å². The number of carbonyl (C=O) groups is 1. The van der Waals surface area contributed by atoms with E-state index in [0.717, 1.165) is 21.3 Å². The summed E-state index contributed by atoms with van der Waals surface area (Å²) in [6.07, 6.45) is 3.57. The van der Waals surface area contributed by atoms with Gasteiger partial charge in [0, 0.05) is 29.1 Å². The molecule has 20 heavy (non-hydrogen) atoms. The number of benzene rings is 1. The zero-order valence-electron chi connectivity index (χ0n) is 11.3. The quantitative estimate of drug-likeness (QED) is 0.868. The van der Waals surface area contributed by atoms with E-state index in [2.05, 4.69) is 26.2 Å². The van der Waals surface area contributed by atoms with Gasteiger partial charge in [-0.25, -0.2) is 4.79 Å². The predicted molar refractivity (Wildman–Crippen MR) is 81.8 cm³/mol. The van der Waals surface area contributed by atoms with E-state index in [1.54, 1.807) is 12.3 Å². The Hall–Kier alpha value is -1.88. The lowest BCUT2D eigenvalue weighted by atomic mass is 10.1. The summed E-state index contributed by atoms with van der Waals surface area (Å²) in [5.74, 6) is -0.323. The second-order valence-electron chi connectivity index (χ2n) is 4.39. The van der Waals surface area contributed by atoms with Crippen LogP contribution < -0.4 is 5.32 Å². The van der Waals surface area contributed by atoms with Crippen LogP contribution in [0.1, 0.15) is 21.5 Å². The van der Waals surface area contributed by atoms with Crippen molar-refractivity contribution in [2.45, 2.75) is 13.5 Å². The summed E-state index contributed by atoms with van der Waals surface area (Å²) in [6, 6.07) is 7.46. The molecule has 1 aromatic heterocycles. The fourth-order valence-corrected chi connectivity index (χ4v) is 2.27. The number of nitrogens with one attached hydrogen (secondary N) is 1. The third-order valence-corrected chi connectivity index (χ3v) is 3.33. The van der Waals surface area contributed by atoms with Gasteiger partial charge in [0.25, 0.3) is 0 Å². The van der Waals surface area contributed by atoms with Crippen LogP contribution in [0.25, 0.3) is 0 Å². The standard InChI is InChI=1S/C15H15BrN2O2/c1-10-5-12(15(19)20-2)3-4-14(10)18-8-11-6-13(16)9-17-7-11/h3-7,9,18H,8H2,1-2H3. The molecule has 0 fully saturated rings. The Kier molecular flexibility index (Phi) is 4.74. The lowest BCUT2D eigenvalue weighted by Crippen LogP contribution is -2.05. The Labute approximate surface area is 126 Å². The van der Waals surface area contributed by atoms with Gasteiger partial charge in [-0.1, -0.05) is 0 Å². The lowest BCUT2D eigenvalue weighted by Gasteiger charge is -2.10. The minimum absolute atomic E-state index is 0.323. The van der Waals surface area contributed by atoms with Crippen LogP contribution in [0.5, 0.6) is 0 Å². The monoisotopic (exact) mass is 334 g/mol. The van der Waals surface area contributed by atoms with Crippen molar-refractivity contribution in [3.05, 3.63) is 57.8 Å². The summed E-state index contributed by atoms with van der Waals surface area (Å²) in [5, 5.41) is 3.33. The van der Waals surface area contributed by atoms with E-state index in [9.17, 15) is 4.79 Å². The average Bonchev–Trinajstić information content (AvgIpc) is 2.45. The minimum atomic E-state index is -0.323. The first-order chi connectivity index (χ1) is 9.60. The van der Waals surface area contributed by atoms with E-state index in [-0.39, 0.29) is 5.97 Å². The largest absolute Gasteiger partial charge is 0.465 e. The number of esters is 1. The number of hydrogen-bond acceptors (Lipinski definition) is 4. The SMILES string of the molecule is COC(=O)c1ccc(NCc2cncc(Br)c2)c(C)c1. The molecule has 1 N–H and O–H groups in total. The van der Waals surface area contributed by atoms with Gasteiger partial charge in [-0.05, 0) is 58.2 Å². The maximum atomic E-state index is 11.4. The first-order valence-electron chi connectivity index (χ1n) is 6.12. The number of rotatable bonds is 4. The predicted octanol–water partition coefficient (Wildman–Crippen LogP) is 3.55. The Morgan fingerprint density at radius 1 is 1.35 bits per heavy atom. The average molecular weight is 335 g/mol. The van der Waals surface area contributed by atoms with Gasteiger partial charge in [0.2, 0.25) is 0 Å². The molecule has 0 spiro atoms. The molecule has 0 aliphatic heterocycles. The van der Waals surface area contributed by atoms with Gasteiger partial charge in [-0.2, -0.15) is 0 Å². The van der Waals surface area contributed by atoms with Crippen LogP contribution in [-0.4, -0.2) is 18.1 Å². The zero-order chi connectivity index (χ0) is 14.5. The van der Waals surface area contributed by atoms with Gasteiger partial charge in [0.15, 0.2) is 0 Å². The van der Waals surface area contributed by atoms with E-state index in [4.69, 9.17) is 4.74 Å². The van der Waals surface area contributed by atoms with Gasteiger partial charge in [0.05, 0.1) is 12.7 Å². The van der Waals surface area contributed by atoms with Crippen molar-refractivity contribution >= 4 is 27.6 Å². The van der Waals surface area contributed by atoms with E-state index in [1.807, 2.05) is 31.3 Å². The molecule has 2 aromatic rings. The molecule has 4 nitrogen and oxygen atoms in total. The zero-order valence-corrected chi connectivity index (χ0v) is 12.9. The molecule has 104 valence electrons. The smallest absolute Gasteiger partial charge is 0.337 e. The van der Waals surface area contributed by atoms with Crippen LogP contribution in [0.2, 0.25) is 0 Å².